The summed E-state index contributed by atoms with van der Waals surface area (Å²) >= 11 is 1.62. The van der Waals surface area contributed by atoms with E-state index in [0.717, 1.165) is 22.7 Å². The molecule has 0 aliphatic carbocycles. The van der Waals surface area contributed by atoms with Crippen molar-refractivity contribution in [3.05, 3.63) is 45.9 Å². The Kier molecular flexibility index (Phi) is 9.84. The average Bonchev–Trinajstić information content (AvgIpc) is 3.01. The Balaban J connectivity index is 0.00000364. The van der Waals surface area contributed by atoms with Gasteiger partial charge in [-0.3, -0.25) is 4.99 Å². The lowest BCUT2D eigenvalue weighted by Crippen LogP contribution is -2.37. The maximum absolute atomic E-state index is 12.2. The summed E-state index contributed by atoms with van der Waals surface area (Å²) in [6, 6.07) is 6.53. The van der Waals surface area contributed by atoms with Gasteiger partial charge in [-0.05, 0) is 24.6 Å². The zero-order valence-electron chi connectivity index (χ0n) is 15.0. The fourth-order valence-electron chi connectivity index (χ4n) is 2.15. The maximum atomic E-state index is 12.2. The number of hydrogen-bond donors (Lipinski definition) is 2. The molecule has 2 rings (SSSR count). The molecule has 0 aliphatic heterocycles. The highest BCUT2D eigenvalue weighted by Gasteiger charge is 2.28. The number of thiazole rings is 1. The number of ether oxygens (including phenoxy) is 1. The van der Waals surface area contributed by atoms with Crippen molar-refractivity contribution in [3.8, 4) is 5.75 Å². The van der Waals surface area contributed by atoms with Gasteiger partial charge in [0.1, 0.15) is 5.75 Å². The topological polar surface area (TPSA) is 58.5 Å². The monoisotopic (exact) mass is 514 g/mol. The van der Waals surface area contributed by atoms with Crippen LogP contribution in [0.5, 0.6) is 5.75 Å². The molecule has 0 spiro atoms. The first-order valence-corrected chi connectivity index (χ1v) is 8.88. The van der Waals surface area contributed by atoms with Crippen LogP contribution in [0.4, 0.5) is 13.2 Å². The molecule has 0 aliphatic rings. The molecular weight excluding hydrogens is 492 g/mol. The summed E-state index contributed by atoms with van der Waals surface area (Å²) in [6.07, 6.45) is -3.57. The molecule has 0 atom stereocenters. The number of aryl methyl sites for hydroxylation is 1. The number of hydrogen-bond acceptors (Lipinski definition) is 4. The van der Waals surface area contributed by atoms with Crippen molar-refractivity contribution in [1.29, 1.82) is 0 Å². The second-order valence-corrected chi connectivity index (χ2v) is 6.57. The fourth-order valence-corrected chi connectivity index (χ4v) is 2.80. The minimum atomic E-state index is -4.35. The van der Waals surface area contributed by atoms with E-state index >= 15 is 0 Å². The van der Waals surface area contributed by atoms with Crippen molar-refractivity contribution in [2.45, 2.75) is 26.1 Å². The van der Waals surface area contributed by atoms with E-state index in [-0.39, 0.29) is 29.7 Å². The molecule has 27 heavy (non-hydrogen) atoms. The molecule has 0 radical (unpaired) electrons. The van der Waals surface area contributed by atoms with Crippen LogP contribution in [0.1, 0.15) is 16.3 Å². The molecule has 0 unspecified atom stereocenters. The fraction of sp³-hybridized carbons (Fsp3) is 0.412. The number of alkyl halides is 3. The number of aromatic nitrogens is 1. The Morgan fingerprint density at radius 2 is 2.07 bits per heavy atom. The normalized spacial score (nSPS) is 11.7. The smallest absolute Gasteiger partial charge is 0.422 e. The van der Waals surface area contributed by atoms with Gasteiger partial charge in [-0.1, -0.05) is 12.1 Å². The Bertz CT molecular complexity index is 737. The molecule has 5 nitrogen and oxygen atoms in total. The van der Waals surface area contributed by atoms with Gasteiger partial charge in [-0.15, -0.1) is 35.3 Å². The largest absolute Gasteiger partial charge is 0.484 e. The lowest BCUT2D eigenvalue weighted by atomic mass is 10.2. The Morgan fingerprint density at radius 3 is 2.70 bits per heavy atom. The van der Waals surface area contributed by atoms with E-state index in [2.05, 4.69) is 20.6 Å². The lowest BCUT2D eigenvalue weighted by molar-refractivity contribution is -0.153. The van der Waals surface area contributed by atoms with Gasteiger partial charge < -0.3 is 15.4 Å². The minimum absolute atomic E-state index is 0. The molecule has 0 saturated carbocycles. The van der Waals surface area contributed by atoms with Gasteiger partial charge in [-0.25, -0.2) is 4.98 Å². The number of aliphatic imine (C=N–C) groups is 1. The molecule has 0 bridgehead atoms. The van der Waals surface area contributed by atoms with Crippen LogP contribution in [0.3, 0.4) is 0 Å². The van der Waals surface area contributed by atoms with Crippen molar-refractivity contribution in [3.63, 3.8) is 0 Å². The molecule has 150 valence electrons. The quantitative estimate of drug-likeness (QED) is 0.334. The van der Waals surface area contributed by atoms with Crippen LogP contribution in [0.2, 0.25) is 0 Å². The number of nitrogens with zero attached hydrogens (tertiary/aromatic N) is 2. The molecule has 2 N–H and O–H groups in total. The van der Waals surface area contributed by atoms with Crippen LogP contribution in [-0.2, 0) is 13.0 Å². The highest BCUT2D eigenvalue weighted by molar-refractivity contribution is 14.0. The molecule has 0 fully saturated rings. The van der Waals surface area contributed by atoms with E-state index in [1.807, 2.05) is 12.3 Å². The summed E-state index contributed by atoms with van der Waals surface area (Å²) < 4.78 is 41.4. The standard InChI is InChI=1S/C17H21F3N4OS.HI/c1-12-24-14(10-26-12)6-7-22-16(21-2)23-9-13-4-3-5-15(8-13)25-11-17(18,19)20;/h3-5,8,10H,6-7,9,11H2,1-2H3,(H2,21,22,23);1H. The summed E-state index contributed by atoms with van der Waals surface area (Å²) in [7, 11) is 1.66. The van der Waals surface area contributed by atoms with E-state index in [4.69, 9.17) is 4.74 Å². The van der Waals surface area contributed by atoms with Gasteiger partial charge >= 0.3 is 6.18 Å². The third-order valence-electron chi connectivity index (χ3n) is 3.32. The maximum Gasteiger partial charge on any atom is 0.422 e. The lowest BCUT2D eigenvalue weighted by Gasteiger charge is -2.13. The predicted molar refractivity (Wildman–Crippen MR) is 112 cm³/mol. The van der Waals surface area contributed by atoms with Crippen LogP contribution in [-0.4, -0.2) is 37.3 Å². The third kappa shape index (κ3) is 9.27. The Hall–Kier alpha value is -1.56. The Labute approximate surface area is 177 Å². The van der Waals surface area contributed by atoms with E-state index in [1.165, 1.54) is 6.07 Å². The van der Waals surface area contributed by atoms with E-state index < -0.39 is 12.8 Å². The van der Waals surface area contributed by atoms with Gasteiger partial charge in [0.25, 0.3) is 0 Å². The third-order valence-corrected chi connectivity index (χ3v) is 4.15. The van der Waals surface area contributed by atoms with E-state index in [0.29, 0.717) is 19.0 Å². The van der Waals surface area contributed by atoms with Crippen LogP contribution < -0.4 is 15.4 Å². The van der Waals surface area contributed by atoms with Crippen molar-refractivity contribution < 1.29 is 17.9 Å². The second-order valence-electron chi connectivity index (χ2n) is 5.51. The first-order valence-electron chi connectivity index (χ1n) is 8.00. The molecule has 1 aromatic carbocycles. The van der Waals surface area contributed by atoms with Gasteiger partial charge in [0.15, 0.2) is 12.6 Å². The first-order chi connectivity index (χ1) is 12.4. The summed E-state index contributed by atoms with van der Waals surface area (Å²) in [4.78, 5) is 8.52. The molecule has 1 heterocycles. The highest BCUT2D eigenvalue weighted by Crippen LogP contribution is 2.19. The summed E-state index contributed by atoms with van der Waals surface area (Å²) in [5, 5.41) is 9.37. The predicted octanol–water partition coefficient (Wildman–Crippen LogP) is 3.92. The average molecular weight is 514 g/mol. The molecular formula is C17H22F3IN4OS. The molecule has 0 saturated heterocycles. The number of guanidine groups is 1. The van der Waals surface area contributed by atoms with Gasteiger partial charge in [0.05, 0.1) is 10.7 Å². The van der Waals surface area contributed by atoms with Crippen LogP contribution in [0, 0.1) is 6.92 Å². The van der Waals surface area contributed by atoms with Crippen LogP contribution in [0.15, 0.2) is 34.6 Å². The zero-order chi connectivity index (χ0) is 19.0. The van der Waals surface area contributed by atoms with Gasteiger partial charge in [0.2, 0.25) is 0 Å². The van der Waals surface area contributed by atoms with Crippen molar-refractivity contribution in [1.82, 2.24) is 15.6 Å². The molecule has 0 amide bonds. The van der Waals surface area contributed by atoms with E-state index in [9.17, 15) is 13.2 Å². The van der Waals surface area contributed by atoms with Crippen molar-refractivity contribution in [2.75, 3.05) is 20.2 Å². The second kappa shape index (κ2) is 11.3. The molecule has 2 aromatic rings. The van der Waals surface area contributed by atoms with Gasteiger partial charge in [-0.2, -0.15) is 13.2 Å². The van der Waals surface area contributed by atoms with Crippen LogP contribution in [0.25, 0.3) is 0 Å². The molecule has 1 aromatic heterocycles. The van der Waals surface area contributed by atoms with Crippen molar-refractivity contribution in [2.24, 2.45) is 4.99 Å². The number of halogens is 4. The minimum Gasteiger partial charge on any atom is -0.484 e. The summed E-state index contributed by atoms with van der Waals surface area (Å²) in [5.41, 5.74) is 1.83. The Morgan fingerprint density at radius 1 is 1.30 bits per heavy atom. The van der Waals surface area contributed by atoms with Gasteiger partial charge in [0, 0.05) is 31.9 Å². The highest BCUT2D eigenvalue weighted by atomic mass is 127. The van der Waals surface area contributed by atoms with E-state index in [1.54, 1.807) is 36.6 Å². The SMILES string of the molecule is CN=C(NCCc1csc(C)n1)NCc1cccc(OCC(F)(F)F)c1.I. The number of rotatable bonds is 7. The first kappa shape index (κ1) is 23.5. The number of nitrogens with one attached hydrogen (secondary N) is 2. The van der Waals surface area contributed by atoms with Crippen LogP contribution >= 0.6 is 35.3 Å². The molecule has 10 heteroatoms. The summed E-state index contributed by atoms with van der Waals surface area (Å²) in [5.74, 6) is 0.794. The number of benzene rings is 1. The van der Waals surface area contributed by atoms with Crippen molar-refractivity contribution >= 4 is 41.3 Å². The zero-order valence-corrected chi connectivity index (χ0v) is 18.1. The summed E-state index contributed by atoms with van der Waals surface area (Å²) in [6.45, 7) is 1.76.